The number of hydrogen-bond acceptors (Lipinski definition) is 3. The molecule has 1 unspecified atom stereocenters. The number of Topliss-reactive ketones (excluding diaryl/α,β-unsaturated/α-hetero) is 1. The van der Waals surface area contributed by atoms with E-state index in [0.717, 1.165) is 27.8 Å². The summed E-state index contributed by atoms with van der Waals surface area (Å²) < 4.78 is 12.7. The first-order chi connectivity index (χ1) is 13.3. The second-order valence-electron chi connectivity index (χ2n) is 9.18. The monoisotopic (exact) mass is 412 g/mol. The van der Waals surface area contributed by atoms with Gasteiger partial charge in [0.25, 0.3) is 0 Å². The molecule has 4 heteroatoms. The summed E-state index contributed by atoms with van der Waals surface area (Å²) in [5.74, 6) is -0.0380. The zero-order valence-corrected chi connectivity index (χ0v) is 19.9. The first kappa shape index (κ1) is 23.3. The lowest BCUT2D eigenvalue weighted by molar-refractivity contribution is 0.0988. The van der Waals surface area contributed by atoms with Gasteiger partial charge in [0.15, 0.2) is 5.78 Å². The van der Waals surface area contributed by atoms with Crippen molar-refractivity contribution < 1.29 is 14.2 Å². The fourth-order valence-electron chi connectivity index (χ4n) is 3.98. The van der Waals surface area contributed by atoms with Crippen LogP contribution in [0.5, 0.6) is 0 Å². The van der Waals surface area contributed by atoms with Crippen LogP contribution in [-0.2, 0) is 9.98 Å². The van der Waals surface area contributed by atoms with E-state index in [1.165, 1.54) is 5.56 Å². The Morgan fingerprint density at radius 3 is 1.69 bits per heavy atom. The molecule has 0 heterocycles. The molecule has 0 aliphatic heterocycles. The van der Waals surface area contributed by atoms with Crippen LogP contribution in [0, 0.1) is 34.6 Å². The summed E-state index contributed by atoms with van der Waals surface area (Å²) >= 11 is 0. The lowest BCUT2D eigenvalue weighted by atomic mass is 9.83. The molecule has 0 saturated heterocycles. The van der Waals surface area contributed by atoms with Crippen LogP contribution in [0.3, 0.4) is 0 Å². The van der Waals surface area contributed by atoms with E-state index >= 15 is 0 Å². The van der Waals surface area contributed by atoms with Crippen molar-refractivity contribution in [3.63, 3.8) is 0 Å². The molecule has 0 bridgehead atoms. The number of carbonyl (C=O) groups excluding carboxylic acids is 2. The van der Waals surface area contributed by atoms with Crippen LogP contribution in [-0.4, -0.2) is 17.5 Å². The van der Waals surface area contributed by atoms with Crippen LogP contribution in [0.2, 0.25) is 0 Å². The number of hydrogen-bond donors (Lipinski definition) is 0. The lowest BCUT2D eigenvalue weighted by Gasteiger charge is -2.22. The first-order valence-electron chi connectivity index (χ1n) is 10.1. The normalized spacial score (nSPS) is 12.7. The Hall–Kier alpha value is -1.99. The van der Waals surface area contributed by atoms with Gasteiger partial charge in [-0.3, -0.25) is 9.59 Å². The van der Waals surface area contributed by atoms with Crippen molar-refractivity contribution in [2.75, 3.05) is 6.16 Å². The highest BCUT2D eigenvalue weighted by Crippen LogP contribution is 2.33. The summed E-state index contributed by atoms with van der Waals surface area (Å²) in [6.07, 6.45) is 0.249. The van der Waals surface area contributed by atoms with Crippen LogP contribution < -0.4 is 0 Å². The molecule has 29 heavy (non-hydrogen) atoms. The molecule has 0 aromatic heterocycles. The first-order valence-corrected chi connectivity index (χ1v) is 11.7. The second-order valence-corrected chi connectivity index (χ2v) is 11.0. The predicted molar refractivity (Wildman–Crippen MR) is 122 cm³/mol. The topological polar surface area (TPSA) is 51.2 Å². The van der Waals surface area contributed by atoms with Crippen LogP contribution in [0.4, 0.5) is 0 Å². The molecule has 3 nitrogen and oxygen atoms in total. The minimum absolute atomic E-state index is 0.0124. The van der Waals surface area contributed by atoms with Crippen molar-refractivity contribution in [3.05, 3.63) is 68.8 Å². The third-order valence-electron chi connectivity index (χ3n) is 5.41. The summed E-state index contributed by atoms with van der Waals surface area (Å²) in [4.78, 5) is 25.6. The second kappa shape index (κ2) is 8.79. The molecule has 2 aromatic rings. The molecular weight excluding hydrogens is 379 g/mol. The number of ketones is 1. The Labute approximate surface area is 175 Å². The Morgan fingerprint density at radius 2 is 1.24 bits per heavy atom. The third kappa shape index (κ3) is 5.34. The average Bonchev–Trinajstić information content (AvgIpc) is 2.57. The van der Waals surface area contributed by atoms with Gasteiger partial charge in [0.2, 0.25) is 5.52 Å². The van der Waals surface area contributed by atoms with E-state index in [4.69, 9.17) is 0 Å². The summed E-state index contributed by atoms with van der Waals surface area (Å²) in [6, 6.07) is 8.00. The third-order valence-corrected chi connectivity index (χ3v) is 6.87. The van der Waals surface area contributed by atoms with Crippen molar-refractivity contribution in [1.82, 2.24) is 0 Å². The molecule has 0 aliphatic carbocycles. The van der Waals surface area contributed by atoms with E-state index in [1.807, 2.05) is 46.8 Å². The van der Waals surface area contributed by atoms with Crippen LogP contribution in [0.15, 0.2) is 24.3 Å². The highest BCUT2D eigenvalue weighted by atomic mass is 31.1. The summed E-state index contributed by atoms with van der Waals surface area (Å²) in [6.45, 7) is 16.1. The summed E-state index contributed by atoms with van der Waals surface area (Å²) in [5.41, 5.74) is 6.80. The van der Waals surface area contributed by atoms with Gasteiger partial charge in [0, 0.05) is 23.7 Å². The Morgan fingerprint density at radius 1 is 0.793 bits per heavy atom. The van der Waals surface area contributed by atoms with E-state index < -0.39 is 7.80 Å². The highest BCUT2D eigenvalue weighted by molar-refractivity contribution is 7.64. The predicted octanol–water partition coefficient (Wildman–Crippen LogP) is 6.50. The Kier molecular flexibility index (Phi) is 7.06. The standard InChI is InChI=1S/C25H33O3P/c1-15-11-16(2)23(17(3)12-15)24(27)29(28)10-9-21(26)22-18(4)13-20(14-19(22)5)25(6,7)8/h11-14,29H,9-10H2,1-8H3. The molecule has 156 valence electrons. The molecule has 0 N–H and O–H groups in total. The van der Waals surface area contributed by atoms with Crippen molar-refractivity contribution >= 4 is 19.1 Å². The van der Waals surface area contributed by atoms with Gasteiger partial charge in [-0.05, 0) is 67.9 Å². The highest BCUT2D eigenvalue weighted by Gasteiger charge is 2.22. The van der Waals surface area contributed by atoms with Gasteiger partial charge in [-0.2, -0.15) is 0 Å². The molecule has 0 radical (unpaired) electrons. The van der Waals surface area contributed by atoms with Crippen LogP contribution in [0.1, 0.15) is 81.3 Å². The van der Waals surface area contributed by atoms with E-state index in [9.17, 15) is 14.2 Å². The van der Waals surface area contributed by atoms with Gasteiger partial charge >= 0.3 is 0 Å². The smallest absolute Gasteiger partial charge is 0.219 e. The van der Waals surface area contributed by atoms with Crippen LogP contribution in [0.25, 0.3) is 0 Å². The summed E-state index contributed by atoms with van der Waals surface area (Å²) in [5, 5.41) is 0. The maximum atomic E-state index is 12.9. The van der Waals surface area contributed by atoms with Gasteiger partial charge in [-0.15, -0.1) is 0 Å². The van der Waals surface area contributed by atoms with E-state index in [0.29, 0.717) is 11.1 Å². The van der Waals surface area contributed by atoms with Gasteiger partial charge in [-0.1, -0.05) is 50.6 Å². The average molecular weight is 413 g/mol. The van der Waals surface area contributed by atoms with Crippen molar-refractivity contribution in [2.45, 2.75) is 67.2 Å². The van der Waals surface area contributed by atoms with Gasteiger partial charge < -0.3 is 4.57 Å². The molecule has 2 aromatic carbocycles. The van der Waals surface area contributed by atoms with E-state index in [2.05, 4.69) is 32.9 Å². The minimum Gasteiger partial charge on any atom is -0.318 e. The molecule has 0 aliphatic rings. The fourth-order valence-corrected chi connectivity index (χ4v) is 5.33. The fraction of sp³-hybridized carbons (Fsp3) is 0.440. The molecule has 0 saturated carbocycles. The Balaban J connectivity index is 2.17. The SMILES string of the molecule is Cc1cc(C)c(C(=O)[PH](=O)CCC(=O)c2c(C)cc(C(C)(C)C)cc2C)c(C)c1. The number of aryl methyl sites for hydroxylation is 5. The summed E-state index contributed by atoms with van der Waals surface area (Å²) in [7, 11) is -2.54. The molecular formula is C25H33O3P. The Bertz CT molecular complexity index is 948. The largest absolute Gasteiger partial charge is 0.318 e. The zero-order chi connectivity index (χ0) is 22.1. The maximum Gasteiger partial charge on any atom is 0.219 e. The van der Waals surface area contributed by atoms with Crippen molar-refractivity contribution in [2.24, 2.45) is 0 Å². The maximum absolute atomic E-state index is 12.9. The molecule has 0 spiro atoms. The van der Waals surface area contributed by atoms with Gasteiger partial charge in [-0.25, -0.2) is 0 Å². The van der Waals surface area contributed by atoms with Crippen molar-refractivity contribution in [3.8, 4) is 0 Å². The quantitative estimate of drug-likeness (QED) is 0.402. The number of benzene rings is 2. The molecule has 1 atom stereocenters. The van der Waals surface area contributed by atoms with E-state index in [1.54, 1.807) is 0 Å². The number of carbonyl (C=O) groups is 2. The zero-order valence-electron chi connectivity index (χ0n) is 18.9. The lowest BCUT2D eigenvalue weighted by Crippen LogP contribution is -2.14. The van der Waals surface area contributed by atoms with E-state index in [-0.39, 0.29) is 29.3 Å². The molecule has 0 fully saturated rings. The van der Waals surface area contributed by atoms with Gasteiger partial charge in [0.1, 0.15) is 7.80 Å². The number of rotatable bonds is 6. The minimum atomic E-state index is -2.54. The molecule has 0 amide bonds. The van der Waals surface area contributed by atoms with Crippen molar-refractivity contribution in [1.29, 1.82) is 0 Å². The molecule has 2 rings (SSSR count). The van der Waals surface area contributed by atoms with Crippen LogP contribution >= 0.6 is 7.80 Å². The van der Waals surface area contributed by atoms with Gasteiger partial charge in [0.05, 0.1) is 0 Å².